The summed E-state index contributed by atoms with van der Waals surface area (Å²) in [6, 6.07) is 11.5. The summed E-state index contributed by atoms with van der Waals surface area (Å²) in [5.41, 5.74) is 7.48. The second-order valence-corrected chi connectivity index (χ2v) is 5.02. The Morgan fingerprint density at radius 3 is 2.42 bits per heavy atom. The monoisotopic (exact) mass is 276 g/mol. The van der Waals surface area contributed by atoms with Crippen LogP contribution in [0.2, 0.25) is 5.02 Å². The first-order valence-corrected chi connectivity index (χ1v) is 6.61. The molecule has 0 bridgehead atoms. The van der Waals surface area contributed by atoms with Crippen molar-refractivity contribution in [1.29, 1.82) is 0 Å². The average Bonchev–Trinajstić information content (AvgIpc) is 2.41. The van der Waals surface area contributed by atoms with E-state index in [1.165, 1.54) is 5.56 Å². The third-order valence-electron chi connectivity index (χ3n) is 2.86. The van der Waals surface area contributed by atoms with E-state index in [1.54, 1.807) is 12.1 Å². The number of pyridine rings is 1. The van der Waals surface area contributed by atoms with Gasteiger partial charge in [0, 0.05) is 12.6 Å². The van der Waals surface area contributed by atoms with Crippen LogP contribution < -0.4 is 10.5 Å². The Hall–Kier alpha value is -1.58. The zero-order valence-corrected chi connectivity index (χ0v) is 11.8. The number of nitrogens with zero attached hydrogens (tertiary/aromatic N) is 1. The van der Waals surface area contributed by atoms with Crippen molar-refractivity contribution < 1.29 is 4.74 Å². The van der Waals surface area contributed by atoms with Crippen LogP contribution >= 0.6 is 11.6 Å². The first-order chi connectivity index (χ1) is 9.10. The first kappa shape index (κ1) is 13.8. The molecule has 0 unspecified atom stereocenters. The van der Waals surface area contributed by atoms with Gasteiger partial charge in [0.15, 0.2) is 0 Å². The lowest BCUT2D eigenvalue weighted by Gasteiger charge is -2.09. The van der Waals surface area contributed by atoms with Crippen LogP contribution in [0.5, 0.6) is 11.6 Å². The third-order valence-corrected chi connectivity index (χ3v) is 3.20. The van der Waals surface area contributed by atoms with Gasteiger partial charge in [0.2, 0.25) is 5.88 Å². The van der Waals surface area contributed by atoms with Crippen LogP contribution in [0.15, 0.2) is 36.4 Å². The van der Waals surface area contributed by atoms with Gasteiger partial charge < -0.3 is 10.5 Å². The second kappa shape index (κ2) is 6.04. The predicted octanol–water partition coefficient (Wildman–Crippen LogP) is 4.11. The van der Waals surface area contributed by atoms with Crippen LogP contribution in [-0.2, 0) is 6.54 Å². The molecular formula is C15H17ClN2O. The summed E-state index contributed by atoms with van der Waals surface area (Å²) in [5, 5.41) is 0.560. The van der Waals surface area contributed by atoms with Crippen molar-refractivity contribution in [2.45, 2.75) is 26.3 Å². The SMILES string of the molecule is CC(C)c1ccc(Oc2ccc(Cl)c(CN)n2)cc1. The summed E-state index contributed by atoms with van der Waals surface area (Å²) in [6.07, 6.45) is 0. The Bertz CT molecular complexity index is 553. The number of hydrogen-bond donors (Lipinski definition) is 1. The quantitative estimate of drug-likeness (QED) is 0.914. The number of aromatic nitrogens is 1. The molecule has 0 saturated carbocycles. The molecule has 2 aromatic rings. The molecule has 0 fully saturated rings. The Balaban J connectivity index is 2.16. The molecule has 0 aliphatic rings. The van der Waals surface area contributed by atoms with E-state index in [0.717, 1.165) is 5.75 Å². The molecule has 3 nitrogen and oxygen atoms in total. The minimum Gasteiger partial charge on any atom is -0.439 e. The number of benzene rings is 1. The van der Waals surface area contributed by atoms with Gasteiger partial charge in [0.05, 0.1) is 10.7 Å². The molecule has 0 aliphatic heterocycles. The van der Waals surface area contributed by atoms with E-state index in [-0.39, 0.29) is 0 Å². The van der Waals surface area contributed by atoms with Crippen molar-refractivity contribution in [1.82, 2.24) is 4.98 Å². The van der Waals surface area contributed by atoms with Crippen LogP contribution in [0, 0.1) is 0 Å². The largest absolute Gasteiger partial charge is 0.439 e. The van der Waals surface area contributed by atoms with Gasteiger partial charge in [-0.1, -0.05) is 37.6 Å². The Morgan fingerprint density at radius 2 is 1.84 bits per heavy atom. The summed E-state index contributed by atoms with van der Waals surface area (Å²) in [5.74, 6) is 1.76. The van der Waals surface area contributed by atoms with Crippen LogP contribution in [0.25, 0.3) is 0 Å². The molecule has 100 valence electrons. The standard InChI is InChI=1S/C15H17ClN2O/c1-10(2)11-3-5-12(6-4-11)19-15-8-7-13(16)14(9-17)18-15/h3-8,10H,9,17H2,1-2H3. The molecule has 19 heavy (non-hydrogen) atoms. The second-order valence-electron chi connectivity index (χ2n) is 4.61. The van der Waals surface area contributed by atoms with E-state index in [2.05, 4.69) is 31.0 Å². The maximum absolute atomic E-state index is 5.96. The summed E-state index contributed by atoms with van der Waals surface area (Å²) in [7, 11) is 0. The third kappa shape index (κ3) is 3.46. The fourth-order valence-corrected chi connectivity index (χ4v) is 1.89. The molecule has 1 heterocycles. The molecule has 0 saturated heterocycles. The molecule has 0 spiro atoms. The summed E-state index contributed by atoms with van der Waals surface area (Å²) < 4.78 is 5.69. The molecule has 0 atom stereocenters. The summed E-state index contributed by atoms with van der Waals surface area (Å²) in [6.45, 7) is 4.61. The van der Waals surface area contributed by atoms with E-state index in [0.29, 0.717) is 29.1 Å². The van der Waals surface area contributed by atoms with Crippen molar-refractivity contribution in [3.63, 3.8) is 0 Å². The van der Waals surface area contributed by atoms with Crippen molar-refractivity contribution in [2.75, 3.05) is 0 Å². The Labute approximate surface area is 118 Å². The summed E-state index contributed by atoms with van der Waals surface area (Å²) >= 11 is 5.96. The number of rotatable bonds is 4. The minimum atomic E-state index is 0.294. The maximum atomic E-state index is 5.96. The molecule has 0 amide bonds. The lowest BCUT2D eigenvalue weighted by molar-refractivity contribution is 0.460. The zero-order chi connectivity index (χ0) is 13.8. The van der Waals surface area contributed by atoms with Crippen molar-refractivity contribution in [3.8, 4) is 11.6 Å². The van der Waals surface area contributed by atoms with Gasteiger partial charge in [-0.25, -0.2) is 4.98 Å². The summed E-state index contributed by atoms with van der Waals surface area (Å²) in [4.78, 5) is 4.26. The van der Waals surface area contributed by atoms with Crippen molar-refractivity contribution in [3.05, 3.63) is 52.7 Å². The molecule has 2 N–H and O–H groups in total. The van der Waals surface area contributed by atoms with E-state index >= 15 is 0 Å². The lowest BCUT2D eigenvalue weighted by Crippen LogP contribution is -2.01. The smallest absolute Gasteiger partial charge is 0.219 e. The first-order valence-electron chi connectivity index (χ1n) is 6.23. The van der Waals surface area contributed by atoms with Gasteiger partial charge in [-0.05, 0) is 29.7 Å². The van der Waals surface area contributed by atoms with E-state index < -0.39 is 0 Å². The highest BCUT2D eigenvalue weighted by molar-refractivity contribution is 6.31. The number of ether oxygens (including phenoxy) is 1. The van der Waals surface area contributed by atoms with E-state index in [9.17, 15) is 0 Å². The predicted molar refractivity (Wildman–Crippen MR) is 77.7 cm³/mol. The zero-order valence-electron chi connectivity index (χ0n) is 11.1. The lowest BCUT2D eigenvalue weighted by atomic mass is 10.0. The van der Waals surface area contributed by atoms with Gasteiger partial charge in [0.25, 0.3) is 0 Å². The van der Waals surface area contributed by atoms with Crippen molar-refractivity contribution >= 4 is 11.6 Å². The molecule has 0 radical (unpaired) electrons. The number of hydrogen-bond acceptors (Lipinski definition) is 3. The van der Waals surface area contributed by atoms with Crippen LogP contribution in [0.3, 0.4) is 0 Å². The maximum Gasteiger partial charge on any atom is 0.219 e. The molecule has 0 aliphatic carbocycles. The molecule has 4 heteroatoms. The highest BCUT2D eigenvalue weighted by Crippen LogP contribution is 2.24. The van der Waals surface area contributed by atoms with Gasteiger partial charge in [-0.15, -0.1) is 0 Å². The van der Waals surface area contributed by atoms with Crippen LogP contribution in [0.1, 0.15) is 31.0 Å². The normalized spacial score (nSPS) is 10.8. The molecule has 1 aromatic carbocycles. The van der Waals surface area contributed by atoms with E-state index in [4.69, 9.17) is 22.1 Å². The number of nitrogens with two attached hydrogens (primary N) is 1. The highest BCUT2D eigenvalue weighted by Gasteiger charge is 2.05. The van der Waals surface area contributed by atoms with Crippen molar-refractivity contribution in [2.24, 2.45) is 5.73 Å². The van der Waals surface area contributed by atoms with Gasteiger partial charge >= 0.3 is 0 Å². The molecule has 2 rings (SSSR count). The van der Waals surface area contributed by atoms with E-state index in [1.807, 2.05) is 12.1 Å². The molecule has 1 aromatic heterocycles. The van der Waals surface area contributed by atoms with Gasteiger partial charge in [-0.2, -0.15) is 0 Å². The number of halogens is 1. The van der Waals surface area contributed by atoms with Gasteiger partial charge in [0.1, 0.15) is 5.75 Å². The minimum absolute atomic E-state index is 0.294. The fraction of sp³-hybridized carbons (Fsp3) is 0.267. The van der Waals surface area contributed by atoms with Gasteiger partial charge in [-0.3, -0.25) is 0 Å². The van der Waals surface area contributed by atoms with Crippen LogP contribution in [0.4, 0.5) is 0 Å². The Kier molecular flexibility index (Phi) is 4.40. The topological polar surface area (TPSA) is 48.1 Å². The molecular weight excluding hydrogens is 260 g/mol. The average molecular weight is 277 g/mol. The van der Waals surface area contributed by atoms with Crippen LogP contribution in [-0.4, -0.2) is 4.98 Å². The highest BCUT2D eigenvalue weighted by atomic mass is 35.5. The fourth-order valence-electron chi connectivity index (χ4n) is 1.71. The Morgan fingerprint density at radius 1 is 1.16 bits per heavy atom.